The van der Waals surface area contributed by atoms with Gasteiger partial charge in [0.1, 0.15) is 0 Å². The van der Waals surface area contributed by atoms with E-state index in [-0.39, 0.29) is 5.41 Å². The zero-order chi connectivity index (χ0) is 19.2. The fourth-order valence-electron chi connectivity index (χ4n) is 3.69. The molecule has 2 aromatic carbocycles. The smallest absolute Gasteiger partial charge is 0.0295 e. The molecule has 0 unspecified atom stereocenters. The standard InChI is InChI=1S/C24H36N2/c1-7-22(25-18(2)20-14-10-8-11-15-20)23(24(4,5)6)26-19(3)21-16-12-9-13-17-21/h8-19,22-23,25-26H,7H2,1-6H3/t18-,19-,22+,23-/m0/s1. The van der Waals surface area contributed by atoms with Gasteiger partial charge in [0.05, 0.1) is 0 Å². The van der Waals surface area contributed by atoms with E-state index >= 15 is 0 Å². The Balaban J connectivity index is 2.15. The summed E-state index contributed by atoms with van der Waals surface area (Å²) in [5, 5.41) is 7.80. The molecule has 0 aromatic heterocycles. The minimum Gasteiger partial charge on any atom is -0.306 e. The Morgan fingerprint density at radius 3 is 1.54 bits per heavy atom. The van der Waals surface area contributed by atoms with E-state index in [2.05, 4.69) is 113 Å². The lowest BCUT2D eigenvalue weighted by Crippen LogP contribution is -2.55. The molecule has 2 N–H and O–H groups in total. The molecular weight excluding hydrogens is 316 g/mol. The Kier molecular flexibility index (Phi) is 7.43. The van der Waals surface area contributed by atoms with Crippen LogP contribution in [-0.2, 0) is 0 Å². The van der Waals surface area contributed by atoms with Crippen LogP contribution in [0.25, 0.3) is 0 Å². The van der Waals surface area contributed by atoms with Crippen LogP contribution >= 0.6 is 0 Å². The molecule has 0 aliphatic carbocycles. The van der Waals surface area contributed by atoms with Gasteiger partial charge >= 0.3 is 0 Å². The van der Waals surface area contributed by atoms with Gasteiger partial charge in [-0.3, -0.25) is 0 Å². The molecule has 0 radical (unpaired) electrons. The maximum atomic E-state index is 3.92. The number of nitrogens with one attached hydrogen (secondary N) is 2. The van der Waals surface area contributed by atoms with Gasteiger partial charge in [0.25, 0.3) is 0 Å². The highest BCUT2D eigenvalue weighted by atomic mass is 15.1. The highest BCUT2D eigenvalue weighted by Crippen LogP contribution is 2.28. The summed E-state index contributed by atoms with van der Waals surface area (Å²) in [6, 6.07) is 22.9. The Labute approximate surface area is 160 Å². The van der Waals surface area contributed by atoms with Gasteiger partial charge in [-0.1, -0.05) is 88.4 Å². The van der Waals surface area contributed by atoms with Crippen molar-refractivity contribution in [1.82, 2.24) is 10.6 Å². The Hall–Kier alpha value is -1.64. The van der Waals surface area contributed by atoms with Crippen molar-refractivity contribution in [2.45, 2.75) is 72.1 Å². The van der Waals surface area contributed by atoms with E-state index in [4.69, 9.17) is 0 Å². The van der Waals surface area contributed by atoms with Crippen molar-refractivity contribution in [2.75, 3.05) is 0 Å². The molecule has 0 aliphatic heterocycles. The molecule has 0 saturated heterocycles. The molecule has 2 rings (SSSR count). The summed E-state index contributed by atoms with van der Waals surface area (Å²) in [5.74, 6) is 0. The summed E-state index contributed by atoms with van der Waals surface area (Å²) in [5.41, 5.74) is 2.84. The molecule has 4 atom stereocenters. The van der Waals surface area contributed by atoms with Gasteiger partial charge in [0.2, 0.25) is 0 Å². The minimum atomic E-state index is 0.160. The Bertz CT molecular complexity index is 630. The molecule has 2 nitrogen and oxygen atoms in total. The van der Waals surface area contributed by atoms with Crippen molar-refractivity contribution >= 4 is 0 Å². The van der Waals surface area contributed by atoms with E-state index < -0.39 is 0 Å². The first kappa shape index (κ1) is 20.7. The van der Waals surface area contributed by atoms with Gasteiger partial charge in [-0.2, -0.15) is 0 Å². The molecule has 142 valence electrons. The highest BCUT2D eigenvalue weighted by Gasteiger charge is 2.33. The lowest BCUT2D eigenvalue weighted by molar-refractivity contribution is 0.184. The van der Waals surface area contributed by atoms with E-state index in [9.17, 15) is 0 Å². The van der Waals surface area contributed by atoms with Crippen molar-refractivity contribution in [3.05, 3.63) is 71.8 Å². The third kappa shape index (κ3) is 5.69. The summed E-state index contributed by atoms with van der Waals surface area (Å²) >= 11 is 0. The van der Waals surface area contributed by atoms with E-state index in [0.29, 0.717) is 24.2 Å². The van der Waals surface area contributed by atoms with Crippen LogP contribution in [0.1, 0.15) is 71.2 Å². The van der Waals surface area contributed by atoms with Gasteiger partial charge in [-0.15, -0.1) is 0 Å². The quantitative estimate of drug-likeness (QED) is 0.620. The van der Waals surface area contributed by atoms with Crippen LogP contribution in [0.4, 0.5) is 0 Å². The first-order chi connectivity index (χ1) is 12.3. The summed E-state index contributed by atoms with van der Waals surface area (Å²) in [6.45, 7) is 13.8. The van der Waals surface area contributed by atoms with Crippen molar-refractivity contribution in [1.29, 1.82) is 0 Å². The molecule has 0 amide bonds. The van der Waals surface area contributed by atoms with Gasteiger partial charge in [-0.25, -0.2) is 0 Å². The lowest BCUT2D eigenvalue weighted by Gasteiger charge is -2.41. The first-order valence-corrected chi connectivity index (χ1v) is 9.95. The minimum absolute atomic E-state index is 0.160. The first-order valence-electron chi connectivity index (χ1n) is 9.95. The van der Waals surface area contributed by atoms with Crippen LogP contribution < -0.4 is 10.6 Å². The van der Waals surface area contributed by atoms with Crippen LogP contribution in [0.2, 0.25) is 0 Å². The predicted octanol–water partition coefficient (Wildman–Crippen LogP) is 5.88. The van der Waals surface area contributed by atoms with Crippen molar-refractivity contribution in [2.24, 2.45) is 5.41 Å². The SMILES string of the molecule is CC[C@@H](N[C@@H](C)c1ccccc1)[C@H](N[C@@H](C)c1ccccc1)C(C)(C)C. The number of hydrogen-bond donors (Lipinski definition) is 2. The number of hydrogen-bond acceptors (Lipinski definition) is 2. The number of rotatable bonds is 8. The molecule has 0 heterocycles. The lowest BCUT2D eigenvalue weighted by atomic mass is 9.80. The maximum Gasteiger partial charge on any atom is 0.0295 e. The monoisotopic (exact) mass is 352 g/mol. The summed E-state index contributed by atoms with van der Waals surface area (Å²) in [4.78, 5) is 0. The van der Waals surface area contributed by atoms with Crippen molar-refractivity contribution in [3.8, 4) is 0 Å². The summed E-state index contributed by atoms with van der Waals surface area (Å²) < 4.78 is 0. The maximum absolute atomic E-state index is 3.92. The van der Waals surface area contributed by atoms with Gasteiger partial charge in [-0.05, 0) is 36.8 Å². The van der Waals surface area contributed by atoms with Gasteiger partial charge in [0, 0.05) is 24.2 Å². The van der Waals surface area contributed by atoms with E-state index in [1.165, 1.54) is 11.1 Å². The molecule has 2 heteroatoms. The Morgan fingerprint density at radius 1 is 0.731 bits per heavy atom. The normalized spacial score (nSPS) is 16.7. The molecule has 0 aliphatic rings. The van der Waals surface area contributed by atoms with E-state index in [1.54, 1.807) is 0 Å². The summed E-state index contributed by atoms with van der Waals surface area (Å²) in [7, 11) is 0. The predicted molar refractivity (Wildman–Crippen MR) is 113 cm³/mol. The number of benzene rings is 2. The topological polar surface area (TPSA) is 24.1 Å². The fourth-order valence-corrected chi connectivity index (χ4v) is 3.69. The van der Waals surface area contributed by atoms with Crippen LogP contribution in [0.3, 0.4) is 0 Å². The third-order valence-corrected chi connectivity index (χ3v) is 5.27. The molecular formula is C24H36N2. The van der Waals surface area contributed by atoms with E-state index in [1.807, 2.05) is 0 Å². The van der Waals surface area contributed by atoms with Crippen LogP contribution in [0, 0.1) is 5.41 Å². The van der Waals surface area contributed by atoms with E-state index in [0.717, 1.165) is 6.42 Å². The molecule has 0 fully saturated rings. The average molecular weight is 353 g/mol. The second-order valence-corrected chi connectivity index (χ2v) is 8.46. The summed E-state index contributed by atoms with van der Waals surface area (Å²) in [6.07, 6.45) is 1.09. The molecule has 2 aromatic rings. The van der Waals surface area contributed by atoms with Crippen molar-refractivity contribution < 1.29 is 0 Å². The fraction of sp³-hybridized carbons (Fsp3) is 0.500. The largest absolute Gasteiger partial charge is 0.306 e. The van der Waals surface area contributed by atoms with Gasteiger partial charge < -0.3 is 10.6 Å². The zero-order valence-electron chi connectivity index (χ0n) is 17.3. The van der Waals surface area contributed by atoms with Crippen LogP contribution in [-0.4, -0.2) is 12.1 Å². The van der Waals surface area contributed by atoms with Crippen LogP contribution in [0.15, 0.2) is 60.7 Å². The second-order valence-electron chi connectivity index (χ2n) is 8.46. The zero-order valence-corrected chi connectivity index (χ0v) is 17.3. The third-order valence-electron chi connectivity index (χ3n) is 5.27. The van der Waals surface area contributed by atoms with Crippen LogP contribution in [0.5, 0.6) is 0 Å². The second kappa shape index (κ2) is 9.34. The highest BCUT2D eigenvalue weighted by molar-refractivity contribution is 5.20. The van der Waals surface area contributed by atoms with Gasteiger partial charge in [0.15, 0.2) is 0 Å². The van der Waals surface area contributed by atoms with Crippen molar-refractivity contribution in [3.63, 3.8) is 0 Å². The Morgan fingerprint density at radius 2 is 1.15 bits per heavy atom. The molecule has 0 bridgehead atoms. The molecule has 0 saturated carbocycles. The average Bonchev–Trinajstić information content (AvgIpc) is 2.64. The molecule has 26 heavy (non-hydrogen) atoms. The molecule has 0 spiro atoms.